The first-order valence-corrected chi connectivity index (χ1v) is 9.58. The average molecular weight is 402 g/mol. The molecule has 0 N–H and O–H groups in total. The van der Waals surface area contributed by atoms with E-state index in [4.69, 9.17) is 4.42 Å². The minimum absolute atomic E-state index is 0.210. The fourth-order valence-corrected chi connectivity index (χ4v) is 3.34. The van der Waals surface area contributed by atoms with Crippen LogP contribution in [0.3, 0.4) is 0 Å². The Hall–Kier alpha value is -3.92. The molecular formula is C23H19FN4O2. The fraction of sp³-hybridized carbons (Fsp3) is 0.174. The van der Waals surface area contributed by atoms with Gasteiger partial charge >= 0.3 is 0 Å². The second kappa shape index (κ2) is 8.62. The molecule has 150 valence electrons. The number of nitriles is 1. The molecule has 0 radical (unpaired) electrons. The Kier molecular flexibility index (Phi) is 5.57. The topological polar surface area (TPSA) is 73.4 Å². The highest BCUT2D eigenvalue weighted by Gasteiger charge is 2.26. The highest BCUT2D eigenvalue weighted by Crippen LogP contribution is 2.24. The third-order valence-electron chi connectivity index (χ3n) is 4.88. The molecule has 1 aromatic heterocycles. The van der Waals surface area contributed by atoms with Gasteiger partial charge in [0, 0.05) is 37.8 Å². The van der Waals surface area contributed by atoms with Gasteiger partial charge in [0.2, 0.25) is 17.5 Å². The van der Waals surface area contributed by atoms with Crippen LogP contribution >= 0.6 is 0 Å². The lowest BCUT2D eigenvalue weighted by Gasteiger charge is -2.34. The van der Waals surface area contributed by atoms with Crippen molar-refractivity contribution in [3.8, 4) is 6.07 Å². The summed E-state index contributed by atoms with van der Waals surface area (Å²) < 4.78 is 19.2. The van der Waals surface area contributed by atoms with Gasteiger partial charge in [-0.05, 0) is 29.8 Å². The number of rotatable bonds is 4. The van der Waals surface area contributed by atoms with Gasteiger partial charge in [0.25, 0.3) is 5.91 Å². The van der Waals surface area contributed by atoms with Crippen molar-refractivity contribution in [1.29, 1.82) is 5.26 Å². The molecule has 2 aromatic carbocycles. The molecule has 30 heavy (non-hydrogen) atoms. The van der Waals surface area contributed by atoms with Gasteiger partial charge in [-0.15, -0.1) is 0 Å². The van der Waals surface area contributed by atoms with E-state index in [1.807, 2.05) is 41.3 Å². The van der Waals surface area contributed by atoms with Crippen LogP contribution < -0.4 is 4.90 Å². The first-order valence-electron chi connectivity index (χ1n) is 9.58. The van der Waals surface area contributed by atoms with E-state index in [2.05, 4.69) is 11.1 Å². The highest BCUT2D eigenvalue weighted by molar-refractivity contribution is 5.94. The van der Waals surface area contributed by atoms with Gasteiger partial charge in [-0.25, -0.2) is 4.39 Å². The van der Waals surface area contributed by atoms with Gasteiger partial charge in [-0.3, -0.25) is 4.79 Å². The first-order chi connectivity index (χ1) is 14.6. The second-order valence-electron chi connectivity index (χ2n) is 6.85. The molecule has 0 bridgehead atoms. The van der Waals surface area contributed by atoms with Crippen LogP contribution in [0.15, 0.2) is 59.0 Å². The fourth-order valence-electron chi connectivity index (χ4n) is 3.34. The van der Waals surface area contributed by atoms with E-state index >= 15 is 0 Å². The number of aromatic nitrogens is 1. The van der Waals surface area contributed by atoms with E-state index < -0.39 is 5.82 Å². The van der Waals surface area contributed by atoms with Gasteiger partial charge in [0.05, 0.1) is 0 Å². The summed E-state index contributed by atoms with van der Waals surface area (Å²) in [4.78, 5) is 20.4. The molecule has 1 saturated heterocycles. The van der Waals surface area contributed by atoms with Crippen LogP contribution in [0.4, 0.5) is 10.3 Å². The Labute approximate surface area is 173 Å². The standard InChI is InChI=1S/C23H19FN4O2/c24-19-8-4-7-18(15-19)22(29)27-11-13-28(14-12-27)23-20(16-25)26-21(30-23)10-9-17-5-2-1-3-6-17/h1-10,15H,11-14H2/b10-9+. The molecule has 0 spiro atoms. The second-order valence-corrected chi connectivity index (χ2v) is 6.85. The molecule has 7 heteroatoms. The predicted molar refractivity (Wildman–Crippen MR) is 111 cm³/mol. The lowest BCUT2D eigenvalue weighted by atomic mass is 10.1. The molecule has 3 aromatic rings. The summed E-state index contributed by atoms with van der Waals surface area (Å²) in [6, 6.07) is 17.5. The summed E-state index contributed by atoms with van der Waals surface area (Å²) >= 11 is 0. The maximum Gasteiger partial charge on any atom is 0.254 e. The number of carbonyl (C=O) groups is 1. The van der Waals surface area contributed by atoms with Gasteiger partial charge in [-0.1, -0.05) is 36.4 Å². The molecule has 1 fully saturated rings. The lowest BCUT2D eigenvalue weighted by molar-refractivity contribution is 0.0745. The average Bonchev–Trinajstić information content (AvgIpc) is 3.21. The molecule has 1 amide bonds. The molecule has 0 unspecified atom stereocenters. The highest BCUT2D eigenvalue weighted by atomic mass is 19.1. The molecule has 4 rings (SSSR count). The van der Waals surface area contributed by atoms with Crippen LogP contribution in [0.25, 0.3) is 12.2 Å². The maximum absolute atomic E-state index is 13.4. The summed E-state index contributed by atoms with van der Waals surface area (Å²) in [6.45, 7) is 1.87. The molecule has 1 aliphatic rings. The molecule has 1 aliphatic heterocycles. The van der Waals surface area contributed by atoms with Crippen molar-refractivity contribution in [1.82, 2.24) is 9.88 Å². The Bertz CT molecular complexity index is 1110. The molecular weight excluding hydrogens is 383 g/mol. The number of hydrogen-bond donors (Lipinski definition) is 0. The smallest absolute Gasteiger partial charge is 0.254 e. The Balaban J connectivity index is 1.44. The summed E-state index contributed by atoms with van der Waals surface area (Å²) in [5.74, 6) is 0.112. The predicted octanol–water partition coefficient (Wildman–Crippen LogP) is 3.82. The first kappa shape index (κ1) is 19.4. The Morgan fingerprint density at radius 3 is 2.53 bits per heavy atom. The van der Waals surface area contributed by atoms with Crippen LogP contribution in [-0.2, 0) is 0 Å². The molecule has 0 saturated carbocycles. The number of halogens is 1. The summed E-state index contributed by atoms with van der Waals surface area (Å²) in [7, 11) is 0. The monoisotopic (exact) mass is 402 g/mol. The van der Waals surface area contributed by atoms with Crippen LogP contribution in [0.5, 0.6) is 0 Å². The normalized spacial score (nSPS) is 14.1. The summed E-state index contributed by atoms with van der Waals surface area (Å²) in [5.41, 5.74) is 1.54. The zero-order valence-corrected chi connectivity index (χ0v) is 16.2. The van der Waals surface area contributed by atoms with Crippen LogP contribution in [-0.4, -0.2) is 42.0 Å². The number of carbonyl (C=O) groups excluding carboxylic acids is 1. The number of oxazole rings is 1. The van der Waals surface area contributed by atoms with Gasteiger partial charge in [0.1, 0.15) is 11.9 Å². The lowest BCUT2D eigenvalue weighted by Crippen LogP contribution is -2.48. The van der Waals surface area contributed by atoms with E-state index in [1.165, 1.54) is 18.2 Å². The number of hydrogen-bond acceptors (Lipinski definition) is 5. The zero-order chi connectivity index (χ0) is 20.9. The number of piperazine rings is 1. The third-order valence-corrected chi connectivity index (χ3v) is 4.88. The minimum atomic E-state index is -0.434. The van der Waals surface area contributed by atoms with Crippen LogP contribution in [0.1, 0.15) is 27.5 Å². The number of amides is 1. The van der Waals surface area contributed by atoms with Crippen LogP contribution in [0, 0.1) is 17.1 Å². The van der Waals surface area contributed by atoms with Crippen molar-refractivity contribution in [2.45, 2.75) is 0 Å². The van der Waals surface area contributed by atoms with E-state index in [1.54, 1.807) is 17.0 Å². The van der Waals surface area contributed by atoms with Crippen LogP contribution in [0.2, 0.25) is 0 Å². The maximum atomic E-state index is 13.4. The minimum Gasteiger partial charge on any atom is -0.420 e. The van der Waals surface area contributed by atoms with Crippen molar-refractivity contribution in [3.63, 3.8) is 0 Å². The van der Waals surface area contributed by atoms with Crippen molar-refractivity contribution in [2.75, 3.05) is 31.1 Å². The van der Waals surface area contributed by atoms with Crippen molar-refractivity contribution < 1.29 is 13.6 Å². The zero-order valence-electron chi connectivity index (χ0n) is 16.2. The van der Waals surface area contributed by atoms with Gasteiger partial charge in [-0.2, -0.15) is 10.2 Å². The summed E-state index contributed by atoms with van der Waals surface area (Å²) in [6.07, 6.45) is 3.59. The largest absolute Gasteiger partial charge is 0.420 e. The van der Waals surface area contributed by atoms with E-state index in [-0.39, 0.29) is 11.6 Å². The van der Waals surface area contributed by atoms with E-state index in [0.29, 0.717) is 43.5 Å². The number of benzene rings is 2. The van der Waals surface area contributed by atoms with E-state index in [9.17, 15) is 14.4 Å². The van der Waals surface area contributed by atoms with Gasteiger partial charge in [0.15, 0.2) is 0 Å². The third kappa shape index (κ3) is 4.23. The van der Waals surface area contributed by atoms with Crippen molar-refractivity contribution in [2.24, 2.45) is 0 Å². The van der Waals surface area contributed by atoms with Crippen molar-refractivity contribution in [3.05, 3.63) is 83.1 Å². The molecule has 0 aliphatic carbocycles. The molecule has 6 nitrogen and oxygen atoms in total. The Morgan fingerprint density at radius 2 is 1.83 bits per heavy atom. The number of anilines is 1. The quantitative estimate of drug-likeness (QED) is 0.663. The van der Waals surface area contributed by atoms with E-state index in [0.717, 1.165) is 5.56 Å². The number of nitrogens with zero attached hydrogens (tertiary/aromatic N) is 4. The van der Waals surface area contributed by atoms with Gasteiger partial charge < -0.3 is 14.2 Å². The molecule has 0 atom stereocenters. The summed E-state index contributed by atoms with van der Waals surface area (Å²) in [5, 5.41) is 9.44. The molecule has 2 heterocycles. The Morgan fingerprint density at radius 1 is 1.07 bits per heavy atom. The van der Waals surface area contributed by atoms with Crippen molar-refractivity contribution >= 4 is 23.9 Å². The SMILES string of the molecule is N#Cc1nc(/C=C/c2ccccc2)oc1N1CCN(C(=O)c2cccc(F)c2)CC1.